The molecule has 0 saturated carbocycles. The van der Waals surface area contributed by atoms with E-state index in [9.17, 15) is 5.11 Å². The fourth-order valence-corrected chi connectivity index (χ4v) is 3.12. The smallest absolute Gasteiger partial charge is 0.119 e. The lowest BCUT2D eigenvalue weighted by molar-refractivity contribution is 0.0864. The minimum Gasteiger partial charge on any atom is -0.497 e. The van der Waals surface area contributed by atoms with E-state index >= 15 is 0 Å². The highest BCUT2D eigenvalue weighted by molar-refractivity contribution is 5.29. The van der Waals surface area contributed by atoms with E-state index in [1.807, 2.05) is 24.3 Å². The molecule has 1 heterocycles. The van der Waals surface area contributed by atoms with Gasteiger partial charge in [-0.25, -0.2) is 0 Å². The van der Waals surface area contributed by atoms with Crippen LogP contribution in [0.25, 0.3) is 0 Å². The van der Waals surface area contributed by atoms with Crippen molar-refractivity contribution in [2.45, 2.75) is 51.2 Å². The van der Waals surface area contributed by atoms with Crippen LogP contribution in [0.1, 0.15) is 50.7 Å². The van der Waals surface area contributed by atoms with E-state index in [1.165, 1.54) is 32.1 Å². The molecule has 1 fully saturated rings. The van der Waals surface area contributed by atoms with Crippen LogP contribution < -0.4 is 4.74 Å². The fourth-order valence-electron chi connectivity index (χ4n) is 3.12. The van der Waals surface area contributed by atoms with Gasteiger partial charge in [-0.1, -0.05) is 31.9 Å². The summed E-state index contributed by atoms with van der Waals surface area (Å²) in [5.41, 5.74) is 0.948. The van der Waals surface area contributed by atoms with Crippen LogP contribution in [-0.2, 0) is 0 Å². The summed E-state index contributed by atoms with van der Waals surface area (Å²) in [5.74, 6) is 0.810. The Balaban J connectivity index is 2.02. The highest BCUT2D eigenvalue weighted by Crippen LogP contribution is 2.24. The number of rotatable bonds is 5. The van der Waals surface area contributed by atoms with Crippen molar-refractivity contribution in [3.8, 4) is 5.75 Å². The van der Waals surface area contributed by atoms with Gasteiger partial charge in [0.2, 0.25) is 0 Å². The molecular formula is C17H27NO2. The molecule has 2 rings (SSSR count). The summed E-state index contributed by atoms with van der Waals surface area (Å²) in [6.07, 6.45) is 5.90. The summed E-state index contributed by atoms with van der Waals surface area (Å²) in [5, 5.41) is 10.5. The third-order valence-electron chi connectivity index (χ3n) is 4.36. The van der Waals surface area contributed by atoms with E-state index in [0.717, 1.165) is 24.4 Å². The van der Waals surface area contributed by atoms with E-state index in [4.69, 9.17) is 4.74 Å². The first-order valence-electron chi connectivity index (χ1n) is 7.80. The largest absolute Gasteiger partial charge is 0.497 e. The first-order chi connectivity index (χ1) is 9.74. The van der Waals surface area contributed by atoms with Crippen molar-refractivity contribution in [3.63, 3.8) is 0 Å². The van der Waals surface area contributed by atoms with Gasteiger partial charge in [0.15, 0.2) is 0 Å². The summed E-state index contributed by atoms with van der Waals surface area (Å²) in [4.78, 5) is 2.47. The summed E-state index contributed by atoms with van der Waals surface area (Å²) in [6.45, 7) is 4.09. The van der Waals surface area contributed by atoms with E-state index in [0.29, 0.717) is 6.04 Å². The van der Waals surface area contributed by atoms with Gasteiger partial charge in [-0.15, -0.1) is 0 Å². The minimum absolute atomic E-state index is 0.433. The Morgan fingerprint density at radius 1 is 1.35 bits per heavy atom. The van der Waals surface area contributed by atoms with Crippen LogP contribution >= 0.6 is 0 Å². The molecule has 112 valence electrons. The molecule has 0 aromatic heterocycles. The second-order valence-electron chi connectivity index (χ2n) is 5.70. The van der Waals surface area contributed by atoms with Crippen molar-refractivity contribution in [1.29, 1.82) is 0 Å². The van der Waals surface area contributed by atoms with Crippen molar-refractivity contribution in [2.24, 2.45) is 0 Å². The molecule has 0 bridgehead atoms. The molecule has 1 aliphatic rings. The molecule has 1 aliphatic heterocycles. The second-order valence-corrected chi connectivity index (χ2v) is 5.70. The van der Waals surface area contributed by atoms with E-state index < -0.39 is 6.10 Å². The minimum atomic E-state index is -0.433. The average Bonchev–Trinajstić information content (AvgIpc) is 2.72. The molecule has 0 radical (unpaired) electrons. The predicted molar refractivity (Wildman–Crippen MR) is 82.1 cm³/mol. The molecule has 20 heavy (non-hydrogen) atoms. The van der Waals surface area contributed by atoms with Gasteiger partial charge in [0, 0.05) is 12.6 Å². The number of aliphatic hydroxyl groups is 1. The summed E-state index contributed by atoms with van der Waals surface area (Å²) >= 11 is 0. The van der Waals surface area contributed by atoms with Gasteiger partial charge >= 0.3 is 0 Å². The standard InChI is InChI=1S/C17H27NO2/c1-3-15-9-5-4-6-11-18(15)13-17(19)14-8-7-10-16(12-14)20-2/h7-8,10,12,15,17,19H,3-6,9,11,13H2,1-2H3. The van der Waals surface area contributed by atoms with Crippen molar-refractivity contribution in [2.75, 3.05) is 20.2 Å². The Labute approximate surface area is 122 Å². The third-order valence-corrected chi connectivity index (χ3v) is 4.36. The number of benzene rings is 1. The predicted octanol–water partition coefficient (Wildman–Crippen LogP) is 3.38. The zero-order valence-corrected chi connectivity index (χ0v) is 12.7. The maximum Gasteiger partial charge on any atom is 0.119 e. The molecule has 1 saturated heterocycles. The van der Waals surface area contributed by atoms with Gasteiger partial charge < -0.3 is 9.84 Å². The van der Waals surface area contributed by atoms with Crippen molar-refractivity contribution >= 4 is 0 Å². The topological polar surface area (TPSA) is 32.7 Å². The Morgan fingerprint density at radius 2 is 2.20 bits per heavy atom. The molecule has 2 atom stereocenters. The molecule has 3 heteroatoms. The number of aliphatic hydroxyl groups excluding tert-OH is 1. The van der Waals surface area contributed by atoms with Crippen LogP contribution in [0, 0.1) is 0 Å². The zero-order chi connectivity index (χ0) is 14.4. The molecule has 1 aromatic rings. The lowest BCUT2D eigenvalue weighted by Crippen LogP contribution is -2.37. The van der Waals surface area contributed by atoms with Crippen molar-refractivity contribution < 1.29 is 9.84 Å². The third kappa shape index (κ3) is 3.97. The van der Waals surface area contributed by atoms with Crippen LogP contribution in [0.4, 0.5) is 0 Å². The van der Waals surface area contributed by atoms with Crippen LogP contribution in [0.15, 0.2) is 24.3 Å². The molecule has 3 nitrogen and oxygen atoms in total. The fraction of sp³-hybridized carbons (Fsp3) is 0.647. The van der Waals surface area contributed by atoms with Crippen LogP contribution in [0.3, 0.4) is 0 Å². The van der Waals surface area contributed by atoms with Gasteiger partial charge in [-0.3, -0.25) is 4.90 Å². The number of likely N-dealkylation sites (tertiary alicyclic amines) is 1. The number of hydrogen-bond acceptors (Lipinski definition) is 3. The quantitative estimate of drug-likeness (QED) is 0.895. The maximum atomic E-state index is 10.5. The molecule has 2 unspecified atom stereocenters. The summed E-state index contributed by atoms with van der Waals surface area (Å²) in [7, 11) is 1.66. The molecule has 0 spiro atoms. The first kappa shape index (κ1) is 15.3. The van der Waals surface area contributed by atoms with Crippen molar-refractivity contribution in [3.05, 3.63) is 29.8 Å². The van der Waals surface area contributed by atoms with Gasteiger partial charge in [-0.05, 0) is 43.5 Å². The summed E-state index contributed by atoms with van der Waals surface area (Å²) < 4.78 is 5.23. The van der Waals surface area contributed by atoms with Crippen LogP contribution in [0.2, 0.25) is 0 Å². The molecule has 0 amide bonds. The lowest BCUT2D eigenvalue weighted by Gasteiger charge is -2.31. The SMILES string of the molecule is CCC1CCCCCN1CC(O)c1cccc(OC)c1. The van der Waals surface area contributed by atoms with Gasteiger partial charge in [0.25, 0.3) is 0 Å². The molecule has 1 aromatic carbocycles. The van der Waals surface area contributed by atoms with E-state index in [2.05, 4.69) is 11.8 Å². The lowest BCUT2D eigenvalue weighted by atomic mass is 10.1. The molecule has 1 N–H and O–H groups in total. The van der Waals surface area contributed by atoms with Crippen molar-refractivity contribution in [1.82, 2.24) is 4.90 Å². The second kappa shape index (κ2) is 7.65. The van der Waals surface area contributed by atoms with Gasteiger partial charge in [0.05, 0.1) is 13.2 Å². The monoisotopic (exact) mass is 277 g/mol. The van der Waals surface area contributed by atoms with Gasteiger partial charge in [0.1, 0.15) is 5.75 Å². The number of methoxy groups -OCH3 is 1. The Hall–Kier alpha value is -1.06. The highest BCUT2D eigenvalue weighted by Gasteiger charge is 2.22. The Morgan fingerprint density at radius 3 is 2.95 bits per heavy atom. The van der Waals surface area contributed by atoms with Crippen LogP contribution in [0.5, 0.6) is 5.75 Å². The molecular weight excluding hydrogens is 250 g/mol. The highest BCUT2D eigenvalue weighted by atomic mass is 16.5. The Kier molecular flexibility index (Phi) is 5.86. The number of β-amino-alcohol motifs (C(OH)–C–C–N with tert-alkyl or cyclic N) is 1. The van der Waals surface area contributed by atoms with E-state index in [1.54, 1.807) is 7.11 Å². The number of nitrogens with zero attached hydrogens (tertiary/aromatic N) is 1. The number of hydrogen-bond donors (Lipinski definition) is 1. The van der Waals surface area contributed by atoms with E-state index in [-0.39, 0.29) is 0 Å². The summed E-state index contributed by atoms with van der Waals surface area (Å²) in [6, 6.07) is 8.39. The molecule has 0 aliphatic carbocycles. The zero-order valence-electron chi connectivity index (χ0n) is 12.7. The maximum absolute atomic E-state index is 10.5. The van der Waals surface area contributed by atoms with Crippen LogP contribution in [-0.4, -0.2) is 36.2 Å². The van der Waals surface area contributed by atoms with Gasteiger partial charge in [-0.2, -0.15) is 0 Å². The Bertz CT molecular complexity index is 408. The normalized spacial score (nSPS) is 22.2. The number of ether oxygens (including phenoxy) is 1. The average molecular weight is 277 g/mol. The first-order valence-corrected chi connectivity index (χ1v) is 7.80.